The van der Waals surface area contributed by atoms with Gasteiger partial charge in [0.2, 0.25) is 0 Å². The van der Waals surface area contributed by atoms with Gasteiger partial charge in [0.15, 0.2) is 5.79 Å². The third-order valence-corrected chi connectivity index (χ3v) is 3.64. The summed E-state index contributed by atoms with van der Waals surface area (Å²) >= 11 is 0. The van der Waals surface area contributed by atoms with E-state index >= 15 is 0 Å². The fraction of sp³-hybridized carbons (Fsp3) is 0.769. The molecule has 0 N–H and O–H groups in total. The molecule has 2 fully saturated rings. The highest BCUT2D eigenvalue weighted by Gasteiger charge is 2.43. The fourth-order valence-corrected chi connectivity index (χ4v) is 2.65. The molecule has 3 heteroatoms. The zero-order valence-electron chi connectivity index (χ0n) is 9.69. The van der Waals surface area contributed by atoms with E-state index in [4.69, 9.17) is 9.47 Å². The van der Waals surface area contributed by atoms with Gasteiger partial charge in [0.05, 0.1) is 12.7 Å². The molecule has 1 aliphatic carbocycles. The van der Waals surface area contributed by atoms with Crippen LogP contribution in [0.5, 0.6) is 0 Å². The van der Waals surface area contributed by atoms with Gasteiger partial charge < -0.3 is 14.3 Å². The third kappa shape index (κ3) is 2.36. The second-order valence-corrected chi connectivity index (χ2v) is 4.74. The lowest BCUT2D eigenvalue weighted by molar-refractivity contribution is -0.190. The Hall–Kier alpha value is -0.670. The molecule has 0 amide bonds. The minimum Gasteiger partial charge on any atom is -0.347 e. The van der Waals surface area contributed by atoms with Gasteiger partial charge >= 0.3 is 0 Å². The van der Waals surface area contributed by atoms with E-state index < -0.39 is 0 Å². The average molecular weight is 224 g/mol. The number of hydrogen-bond donors (Lipinski definition) is 0. The van der Waals surface area contributed by atoms with Crippen molar-refractivity contribution in [3.8, 4) is 0 Å². The molecule has 3 nitrogen and oxygen atoms in total. The van der Waals surface area contributed by atoms with Crippen LogP contribution in [0.2, 0.25) is 0 Å². The summed E-state index contributed by atoms with van der Waals surface area (Å²) in [6.07, 6.45) is 8.86. The molecular weight excluding hydrogens is 204 g/mol. The highest BCUT2D eigenvalue weighted by molar-refractivity contribution is 5.50. The van der Waals surface area contributed by atoms with Crippen LogP contribution in [0, 0.1) is 5.92 Å². The molecule has 2 rings (SSSR count). The van der Waals surface area contributed by atoms with Crippen molar-refractivity contribution in [2.45, 2.75) is 50.4 Å². The summed E-state index contributed by atoms with van der Waals surface area (Å²) in [4.78, 5) is 10.6. The standard InChI is InChI=1S/C13H20O3/c1-2-11(6-9-14)12-10-15-13(16-12)7-4-3-5-8-13/h2,9,11-12H,1,3-8,10H2/t11-,12-/m1/s1. The van der Waals surface area contributed by atoms with Crippen LogP contribution in [0.15, 0.2) is 12.7 Å². The van der Waals surface area contributed by atoms with Gasteiger partial charge in [-0.25, -0.2) is 0 Å². The maximum absolute atomic E-state index is 10.6. The first kappa shape index (κ1) is 11.8. The molecule has 1 saturated carbocycles. The van der Waals surface area contributed by atoms with Gasteiger partial charge in [-0.1, -0.05) is 12.5 Å². The minimum absolute atomic E-state index is 0.0146. The van der Waals surface area contributed by atoms with Crippen LogP contribution in [0.25, 0.3) is 0 Å². The van der Waals surface area contributed by atoms with Crippen LogP contribution >= 0.6 is 0 Å². The van der Waals surface area contributed by atoms with Crippen molar-refractivity contribution in [3.05, 3.63) is 12.7 Å². The zero-order valence-corrected chi connectivity index (χ0v) is 9.69. The maximum Gasteiger partial charge on any atom is 0.168 e. The van der Waals surface area contributed by atoms with Gasteiger partial charge in [-0.2, -0.15) is 0 Å². The van der Waals surface area contributed by atoms with E-state index in [1.807, 2.05) is 6.08 Å². The molecule has 0 bridgehead atoms. The van der Waals surface area contributed by atoms with Gasteiger partial charge in [0.25, 0.3) is 0 Å². The lowest BCUT2D eigenvalue weighted by atomic mass is 9.94. The number of hydrogen-bond acceptors (Lipinski definition) is 3. The SMILES string of the molecule is C=C[C@H](CC=O)[C@H]1COC2(CCCCC2)O1. The number of aldehydes is 1. The molecule has 2 aliphatic rings. The van der Waals surface area contributed by atoms with Crippen molar-refractivity contribution < 1.29 is 14.3 Å². The Kier molecular flexibility index (Phi) is 3.77. The molecule has 1 aliphatic heterocycles. The van der Waals surface area contributed by atoms with Crippen LogP contribution in [0.1, 0.15) is 38.5 Å². The normalized spacial score (nSPS) is 30.1. The number of ether oxygens (including phenoxy) is 2. The molecular formula is C13H20O3. The van der Waals surface area contributed by atoms with Crippen molar-refractivity contribution in [3.63, 3.8) is 0 Å². The average Bonchev–Trinajstić information content (AvgIpc) is 2.71. The van der Waals surface area contributed by atoms with E-state index in [0.717, 1.165) is 19.1 Å². The number of rotatable bonds is 4. The zero-order chi connectivity index (χ0) is 11.4. The molecule has 0 aromatic carbocycles. The summed E-state index contributed by atoms with van der Waals surface area (Å²) in [6.45, 7) is 4.37. The quantitative estimate of drug-likeness (QED) is 0.543. The van der Waals surface area contributed by atoms with Gasteiger partial charge in [-0.05, 0) is 12.8 Å². The summed E-state index contributed by atoms with van der Waals surface area (Å²) in [6, 6.07) is 0. The summed E-state index contributed by atoms with van der Waals surface area (Å²) < 4.78 is 11.9. The van der Waals surface area contributed by atoms with Gasteiger partial charge in [0.1, 0.15) is 6.29 Å². The van der Waals surface area contributed by atoms with Crippen LogP contribution in [0.3, 0.4) is 0 Å². The largest absolute Gasteiger partial charge is 0.347 e. The van der Waals surface area contributed by atoms with Crippen LogP contribution in [-0.2, 0) is 14.3 Å². The second-order valence-electron chi connectivity index (χ2n) is 4.74. The Morgan fingerprint density at radius 3 is 2.75 bits per heavy atom. The van der Waals surface area contributed by atoms with Gasteiger partial charge in [-0.15, -0.1) is 6.58 Å². The Morgan fingerprint density at radius 1 is 1.38 bits per heavy atom. The summed E-state index contributed by atoms with van der Waals surface area (Å²) in [5.41, 5.74) is 0. The van der Waals surface area contributed by atoms with Crippen LogP contribution in [0.4, 0.5) is 0 Å². The summed E-state index contributed by atoms with van der Waals surface area (Å²) in [5, 5.41) is 0. The fourth-order valence-electron chi connectivity index (χ4n) is 2.65. The Balaban J connectivity index is 1.95. The van der Waals surface area contributed by atoms with Crippen molar-refractivity contribution in [1.29, 1.82) is 0 Å². The predicted octanol–water partition coefficient (Wildman–Crippen LogP) is 2.45. The second kappa shape index (κ2) is 5.11. The summed E-state index contributed by atoms with van der Waals surface area (Å²) in [5.74, 6) is -0.244. The molecule has 0 aromatic heterocycles. The van der Waals surface area contributed by atoms with Crippen molar-refractivity contribution in [2.75, 3.05) is 6.61 Å². The molecule has 90 valence electrons. The molecule has 1 spiro atoms. The Bertz CT molecular complexity index is 256. The first-order valence-corrected chi connectivity index (χ1v) is 6.18. The molecule has 1 heterocycles. The Morgan fingerprint density at radius 2 is 2.12 bits per heavy atom. The van der Waals surface area contributed by atoms with Crippen LogP contribution < -0.4 is 0 Å². The summed E-state index contributed by atoms with van der Waals surface area (Å²) in [7, 11) is 0. The lowest BCUT2D eigenvalue weighted by Crippen LogP contribution is -2.34. The van der Waals surface area contributed by atoms with E-state index in [1.54, 1.807) is 0 Å². The molecule has 2 atom stereocenters. The highest BCUT2D eigenvalue weighted by Crippen LogP contribution is 2.39. The molecule has 0 unspecified atom stereocenters. The van der Waals surface area contributed by atoms with Crippen LogP contribution in [-0.4, -0.2) is 24.8 Å². The van der Waals surface area contributed by atoms with E-state index in [2.05, 4.69) is 6.58 Å². The lowest BCUT2D eigenvalue weighted by Gasteiger charge is -2.32. The molecule has 1 saturated heterocycles. The maximum atomic E-state index is 10.6. The first-order valence-electron chi connectivity index (χ1n) is 6.18. The minimum atomic E-state index is -0.340. The third-order valence-electron chi connectivity index (χ3n) is 3.64. The van der Waals surface area contributed by atoms with E-state index in [-0.39, 0.29) is 17.8 Å². The van der Waals surface area contributed by atoms with E-state index in [0.29, 0.717) is 13.0 Å². The van der Waals surface area contributed by atoms with E-state index in [1.165, 1.54) is 19.3 Å². The predicted molar refractivity (Wildman–Crippen MR) is 61.0 cm³/mol. The molecule has 16 heavy (non-hydrogen) atoms. The van der Waals surface area contributed by atoms with Crippen molar-refractivity contribution >= 4 is 6.29 Å². The molecule has 0 radical (unpaired) electrons. The van der Waals surface area contributed by atoms with Gasteiger partial charge in [0, 0.05) is 25.2 Å². The first-order chi connectivity index (χ1) is 7.79. The van der Waals surface area contributed by atoms with Crippen molar-refractivity contribution in [1.82, 2.24) is 0 Å². The number of carbonyl (C=O) groups is 1. The van der Waals surface area contributed by atoms with Crippen molar-refractivity contribution in [2.24, 2.45) is 5.92 Å². The van der Waals surface area contributed by atoms with E-state index in [9.17, 15) is 4.79 Å². The topological polar surface area (TPSA) is 35.5 Å². The monoisotopic (exact) mass is 224 g/mol. The van der Waals surface area contributed by atoms with Gasteiger partial charge in [-0.3, -0.25) is 0 Å². The Labute approximate surface area is 96.8 Å². The highest BCUT2D eigenvalue weighted by atomic mass is 16.7. The molecule has 0 aromatic rings. The smallest absolute Gasteiger partial charge is 0.168 e. The number of carbonyl (C=O) groups excluding carboxylic acids is 1.